The quantitative estimate of drug-likeness (QED) is 0.822. The second kappa shape index (κ2) is 4.73. The molecule has 0 saturated carbocycles. The highest BCUT2D eigenvalue weighted by Crippen LogP contribution is 2.23. The lowest BCUT2D eigenvalue weighted by molar-refractivity contribution is 0.103. The molecule has 1 aromatic heterocycles. The number of nitrogens with two attached hydrogens (primary N) is 1. The van der Waals surface area contributed by atoms with Crippen molar-refractivity contribution in [2.75, 3.05) is 11.1 Å². The third kappa shape index (κ3) is 2.75. The molecule has 2 rings (SSSR count). The summed E-state index contributed by atoms with van der Waals surface area (Å²) >= 11 is 6.87. The van der Waals surface area contributed by atoms with Gasteiger partial charge in [-0.25, -0.2) is 4.39 Å². The lowest BCUT2D eigenvalue weighted by Gasteiger charge is -2.04. The van der Waals surface area contributed by atoms with Crippen molar-refractivity contribution in [3.8, 4) is 0 Å². The number of hydrogen-bond donors (Lipinski definition) is 2. The zero-order chi connectivity index (χ0) is 12.4. The number of anilines is 2. The van der Waals surface area contributed by atoms with E-state index in [9.17, 15) is 9.18 Å². The Kier molecular flexibility index (Phi) is 3.31. The van der Waals surface area contributed by atoms with E-state index >= 15 is 0 Å². The molecule has 0 radical (unpaired) electrons. The Morgan fingerprint density at radius 2 is 2.12 bits per heavy atom. The molecule has 0 spiro atoms. The van der Waals surface area contributed by atoms with Gasteiger partial charge in [0.15, 0.2) is 0 Å². The largest absolute Gasteiger partial charge is 0.396 e. The van der Waals surface area contributed by atoms with Gasteiger partial charge in [0.1, 0.15) is 5.82 Å². The summed E-state index contributed by atoms with van der Waals surface area (Å²) in [5.74, 6) is -0.891. The van der Waals surface area contributed by atoms with Gasteiger partial charge in [0, 0.05) is 5.69 Å². The number of hydrogen-bond acceptors (Lipinski definition) is 3. The van der Waals surface area contributed by atoms with Gasteiger partial charge in [-0.3, -0.25) is 4.79 Å². The van der Waals surface area contributed by atoms with E-state index in [1.54, 1.807) is 12.1 Å². The van der Waals surface area contributed by atoms with Crippen LogP contribution in [0.1, 0.15) is 9.67 Å². The van der Waals surface area contributed by atoms with Gasteiger partial charge in [0.05, 0.1) is 14.9 Å². The van der Waals surface area contributed by atoms with E-state index in [2.05, 4.69) is 5.32 Å². The van der Waals surface area contributed by atoms with Gasteiger partial charge in [0.2, 0.25) is 0 Å². The summed E-state index contributed by atoms with van der Waals surface area (Å²) in [4.78, 5) is 12.2. The fraction of sp³-hybridized carbons (Fsp3) is 0. The molecule has 0 fully saturated rings. The van der Waals surface area contributed by atoms with Crippen molar-refractivity contribution in [1.29, 1.82) is 0 Å². The van der Waals surface area contributed by atoms with Crippen LogP contribution in [-0.4, -0.2) is 5.91 Å². The van der Waals surface area contributed by atoms with Gasteiger partial charge < -0.3 is 11.1 Å². The van der Waals surface area contributed by atoms with Gasteiger partial charge >= 0.3 is 0 Å². The van der Waals surface area contributed by atoms with Crippen molar-refractivity contribution in [1.82, 2.24) is 0 Å². The molecule has 1 aromatic carbocycles. The second-order valence-corrected chi connectivity index (χ2v) is 5.01. The SMILES string of the molecule is Nc1ccc(NC(=O)c2ccc(Cl)s2)cc1F. The van der Waals surface area contributed by atoms with Crippen molar-refractivity contribution in [2.24, 2.45) is 0 Å². The van der Waals surface area contributed by atoms with Crippen molar-refractivity contribution < 1.29 is 9.18 Å². The van der Waals surface area contributed by atoms with Crippen LogP contribution >= 0.6 is 22.9 Å². The zero-order valence-corrected chi connectivity index (χ0v) is 10.1. The minimum absolute atomic E-state index is 0.0437. The van der Waals surface area contributed by atoms with E-state index in [1.807, 2.05) is 0 Å². The molecule has 3 nitrogen and oxygen atoms in total. The Bertz CT molecular complexity index is 570. The minimum Gasteiger partial charge on any atom is -0.396 e. The van der Waals surface area contributed by atoms with Crippen LogP contribution in [0.25, 0.3) is 0 Å². The average Bonchev–Trinajstić information content (AvgIpc) is 2.70. The molecule has 88 valence electrons. The zero-order valence-electron chi connectivity index (χ0n) is 8.54. The van der Waals surface area contributed by atoms with E-state index in [1.165, 1.54) is 18.2 Å². The van der Waals surface area contributed by atoms with Gasteiger partial charge in [-0.05, 0) is 30.3 Å². The molecule has 1 heterocycles. The van der Waals surface area contributed by atoms with Crippen LogP contribution in [0.3, 0.4) is 0 Å². The summed E-state index contributed by atoms with van der Waals surface area (Å²) in [6.45, 7) is 0. The summed E-state index contributed by atoms with van der Waals surface area (Å²) in [7, 11) is 0. The third-order valence-electron chi connectivity index (χ3n) is 2.06. The van der Waals surface area contributed by atoms with Crippen LogP contribution in [0.2, 0.25) is 4.34 Å². The van der Waals surface area contributed by atoms with Crippen LogP contribution in [0.4, 0.5) is 15.8 Å². The van der Waals surface area contributed by atoms with Gasteiger partial charge in [0.25, 0.3) is 5.91 Å². The maximum atomic E-state index is 13.1. The molecule has 0 aliphatic heterocycles. The Hall–Kier alpha value is -1.59. The van der Waals surface area contributed by atoms with Gasteiger partial charge in [-0.15, -0.1) is 11.3 Å². The number of amides is 1. The number of nitrogen functional groups attached to an aromatic ring is 1. The summed E-state index contributed by atoms with van der Waals surface area (Å²) in [5.41, 5.74) is 5.73. The summed E-state index contributed by atoms with van der Waals surface area (Å²) < 4.78 is 13.7. The van der Waals surface area contributed by atoms with Crippen molar-refractivity contribution in [2.45, 2.75) is 0 Å². The molecular formula is C11H8ClFN2OS. The van der Waals surface area contributed by atoms with E-state index < -0.39 is 5.82 Å². The molecule has 2 aromatic rings. The molecule has 0 saturated heterocycles. The Morgan fingerprint density at radius 3 is 2.71 bits per heavy atom. The second-order valence-electron chi connectivity index (χ2n) is 3.29. The van der Waals surface area contributed by atoms with E-state index in [-0.39, 0.29) is 11.6 Å². The molecule has 1 amide bonds. The number of carbonyl (C=O) groups is 1. The molecule has 17 heavy (non-hydrogen) atoms. The molecule has 0 atom stereocenters. The van der Waals surface area contributed by atoms with E-state index in [0.29, 0.717) is 14.9 Å². The lowest BCUT2D eigenvalue weighted by Crippen LogP contribution is -2.10. The normalized spacial score (nSPS) is 10.2. The first-order valence-electron chi connectivity index (χ1n) is 4.68. The maximum absolute atomic E-state index is 13.1. The van der Waals surface area contributed by atoms with E-state index in [0.717, 1.165) is 11.3 Å². The Morgan fingerprint density at radius 1 is 1.35 bits per heavy atom. The summed E-state index contributed by atoms with van der Waals surface area (Å²) in [6, 6.07) is 7.33. The highest BCUT2D eigenvalue weighted by Gasteiger charge is 2.09. The number of halogens is 2. The molecule has 0 bridgehead atoms. The average molecular weight is 271 g/mol. The monoisotopic (exact) mass is 270 g/mol. The first-order valence-corrected chi connectivity index (χ1v) is 5.87. The molecular weight excluding hydrogens is 263 g/mol. The standard InChI is InChI=1S/C11H8ClFN2OS/c12-10-4-3-9(17-10)11(16)15-6-1-2-8(14)7(13)5-6/h1-5H,14H2,(H,15,16). The molecule has 6 heteroatoms. The predicted octanol–water partition coefficient (Wildman–Crippen LogP) is 3.38. The predicted molar refractivity (Wildman–Crippen MR) is 68.1 cm³/mol. The van der Waals surface area contributed by atoms with Gasteiger partial charge in [-0.1, -0.05) is 11.6 Å². The number of rotatable bonds is 2. The van der Waals surface area contributed by atoms with E-state index in [4.69, 9.17) is 17.3 Å². The molecule has 0 unspecified atom stereocenters. The van der Waals surface area contributed by atoms with Crippen molar-refractivity contribution in [3.63, 3.8) is 0 Å². The number of nitrogens with one attached hydrogen (secondary N) is 1. The van der Waals surface area contributed by atoms with Crippen LogP contribution in [0.15, 0.2) is 30.3 Å². The van der Waals surface area contributed by atoms with Crippen molar-refractivity contribution >= 4 is 40.2 Å². The lowest BCUT2D eigenvalue weighted by atomic mass is 10.2. The van der Waals surface area contributed by atoms with Crippen LogP contribution < -0.4 is 11.1 Å². The third-order valence-corrected chi connectivity index (χ3v) is 3.29. The Labute approximate surface area is 106 Å². The maximum Gasteiger partial charge on any atom is 0.265 e. The molecule has 0 aliphatic rings. The topological polar surface area (TPSA) is 55.1 Å². The molecule has 3 N–H and O–H groups in total. The molecule has 0 aliphatic carbocycles. The summed E-state index contributed by atoms with van der Waals surface area (Å²) in [6.07, 6.45) is 0. The summed E-state index contributed by atoms with van der Waals surface area (Å²) in [5, 5.41) is 2.56. The van der Waals surface area contributed by atoms with Gasteiger partial charge in [-0.2, -0.15) is 0 Å². The number of thiophene rings is 1. The minimum atomic E-state index is -0.563. The highest BCUT2D eigenvalue weighted by atomic mass is 35.5. The van der Waals surface area contributed by atoms with Crippen LogP contribution in [0, 0.1) is 5.82 Å². The number of carbonyl (C=O) groups excluding carboxylic acids is 1. The first-order chi connectivity index (χ1) is 8.06. The highest BCUT2D eigenvalue weighted by molar-refractivity contribution is 7.18. The van der Waals surface area contributed by atoms with Crippen LogP contribution in [-0.2, 0) is 0 Å². The fourth-order valence-corrected chi connectivity index (χ4v) is 2.17. The van der Waals surface area contributed by atoms with Crippen LogP contribution in [0.5, 0.6) is 0 Å². The first kappa shape index (κ1) is 11.9. The number of benzene rings is 1. The van der Waals surface area contributed by atoms with Crippen molar-refractivity contribution in [3.05, 3.63) is 45.4 Å². The fourth-order valence-electron chi connectivity index (χ4n) is 1.23. The smallest absolute Gasteiger partial charge is 0.265 e. The Balaban J connectivity index is 2.15.